The van der Waals surface area contributed by atoms with Crippen molar-refractivity contribution in [1.82, 2.24) is 10.2 Å². The summed E-state index contributed by atoms with van der Waals surface area (Å²) in [4.78, 5) is 28.0. The van der Waals surface area contributed by atoms with Gasteiger partial charge in [-0.1, -0.05) is 53.5 Å². The summed E-state index contributed by atoms with van der Waals surface area (Å²) in [5.74, 6) is -0.904. The van der Waals surface area contributed by atoms with E-state index in [0.29, 0.717) is 27.8 Å². The van der Waals surface area contributed by atoms with Crippen molar-refractivity contribution in [2.45, 2.75) is 45.2 Å². The maximum atomic E-state index is 13.9. The van der Waals surface area contributed by atoms with Crippen LogP contribution in [0.2, 0.25) is 10.0 Å². The molecule has 0 fully saturated rings. The lowest BCUT2D eigenvalue weighted by Crippen LogP contribution is -2.51. The number of nitrogens with one attached hydrogen (secondary N) is 1. The average Bonchev–Trinajstić information content (AvgIpc) is 2.87. The van der Waals surface area contributed by atoms with Crippen LogP contribution < -0.4 is 9.62 Å². The number of carbonyl (C=O) groups is 2. The SMILES string of the molecule is CCNC(=O)C(C)N(Cc1ccc(Cl)c(Cl)c1)C(=O)CN(c1cc(C)cc(C)c1)S(=O)(=O)c1ccccc1. The van der Waals surface area contributed by atoms with E-state index in [1.165, 1.54) is 17.0 Å². The Morgan fingerprint density at radius 3 is 2.13 bits per heavy atom. The standard InChI is InChI=1S/C28H31Cl2N3O4S/c1-5-31-28(35)21(4)32(17-22-11-12-25(29)26(30)16-22)27(34)18-33(23-14-19(2)13-20(3)15-23)38(36,37)24-9-7-6-8-10-24/h6-16,21H,5,17-18H2,1-4H3,(H,31,35). The summed E-state index contributed by atoms with van der Waals surface area (Å²) in [5, 5.41) is 3.40. The molecule has 2 amide bonds. The van der Waals surface area contributed by atoms with Crippen LogP contribution in [-0.2, 0) is 26.2 Å². The van der Waals surface area contributed by atoms with Gasteiger partial charge in [0.1, 0.15) is 12.6 Å². The van der Waals surface area contributed by atoms with Gasteiger partial charge in [-0.25, -0.2) is 8.42 Å². The van der Waals surface area contributed by atoms with Gasteiger partial charge in [0.05, 0.1) is 20.6 Å². The lowest BCUT2D eigenvalue weighted by Gasteiger charge is -2.32. The Bertz CT molecular complexity index is 1390. The number of nitrogens with zero attached hydrogens (tertiary/aromatic N) is 2. The van der Waals surface area contributed by atoms with Crippen molar-refractivity contribution in [2.75, 3.05) is 17.4 Å². The number of carbonyl (C=O) groups excluding carboxylic acids is 2. The van der Waals surface area contributed by atoms with Gasteiger partial charge in [0.15, 0.2) is 0 Å². The summed E-state index contributed by atoms with van der Waals surface area (Å²) in [6.07, 6.45) is 0. The van der Waals surface area contributed by atoms with Gasteiger partial charge < -0.3 is 10.2 Å². The van der Waals surface area contributed by atoms with Crippen LogP contribution in [0.25, 0.3) is 0 Å². The number of sulfonamides is 1. The summed E-state index contributed by atoms with van der Waals surface area (Å²) in [7, 11) is -4.11. The number of hydrogen-bond acceptors (Lipinski definition) is 4. The number of benzene rings is 3. The lowest BCUT2D eigenvalue weighted by atomic mass is 10.1. The van der Waals surface area contributed by atoms with Crippen LogP contribution in [0.3, 0.4) is 0 Å². The van der Waals surface area contributed by atoms with Crippen LogP contribution in [0.15, 0.2) is 71.6 Å². The first-order valence-electron chi connectivity index (χ1n) is 12.1. The Kier molecular flexibility index (Phi) is 9.82. The second kappa shape index (κ2) is 12.7. The van der Waals surface area contributed by atoms with E-state index < -0.39 is 28.5 Å². The molecule has 1 atom stereocenters. The van der Waals surface area contributed by atoms with Gasteiger partial charge in [-0.3, -0.25) is 13.9 Å². The Morgan fingerprint density at radius 1 is 0.921 bits per heavy atom. The third-order valence-corrected chi connectivity index (χ3v) is 8.49. The van der Waals surface area contributed by atoms with E-state index in [2.05, 4.69) is 5.32 Å². The number of anilines is 1. The highest BCUT2D eigenvalue weighted by molar-refractivity contribution is 7.92. The van der Waals surface area contributed by atoms with Gasteiger partial charge in [-0.05, 0) is 80.8 Å². The molecule has 10 heteroatoms. The summed E-state index contributed by atoms with van der Waals surface area (Å²) in [6, 6.07) is 17.4. The number of halogens is 2. The monoisotopic (exact) mass is 575 g/mol. The molecule has 7 nitrogen and oxygen atoms in total. The molecule has 3 aromatic carbocycles. The second-order valence-corrected chi connectivity index (χ2v) is 11.7. The topological polar surface area (TPSA) is 86.8 Å². The Morgan fingerprint density at radius 2 is 1.55 bits per heavy atom. The molecule has 0 radical (unpaired) electrons. The van der Waals surface area contributed by atoms with Crippen molar-refractivity contribution < 1.29 is 18.0 Å². The van der Waals surface area contributed by atoms with Crippen molar-refractivity contribution in [3.05, 3.63) is 93.5 Å². The highest BCUT2D eigenvalue weighted by Gasteiger charge is 2.32. The Labute approximate surface area is 234 Å². The van der Waals surface area contributed by atoms with Crippen LogP contribution in [0.1, 0.15) is 30.5 Å². The first kappa shape index (κ1) is 29.5. The summed E-state index contributed by atoms with van der Waals surface area (Å²) < 4.78 is 28.7. The highest BCUT2D eigenvalue weighted by atomic mass is 35.5. The molecular weight excluding hydrogens is 545 g/mol. The van der Waals surface area contributed by atoms with E-state index in [-0.39, 0.29) is 17.3 Å². The zero-order valence-electron chi connectivity index (χ0n) is 21.7. The van der Waals surface area contributed by atoms with Crippen molar-refractivity contribution >= 4 is 50.7 Å². The molecule has 0 spiro atoms. The third-order valence-electron chi connectivity index (χ3n) is 5.96. The van der Waals surface area contributed by atoms with Gasteiger partial charge in [-0.2, -0.15) is 0 Å². The molecule has 0 aromatic heterocycles. The number of rotatable bonds is 10. The molecule has 1 N–H and O–H groups in total. The minimum Gasteiger partial charge on any atom is -0.355 e. The Hall–Kier alpha value is -3.07. The number of hydrogen-bond donors (Lipinski definition) is 1. The summed E-state index contributed by atoms with van der Waals surface area (Å²) in [6.45, 7) is 7.01. The molecule has 0 aliphatic heterocycles. The summed E-state index contributed by atoms with van der Waals surface area (Å²) in [5.41, 5.74) is 2.71. The van der Waals surface area contributed by atoms with E-state index in [4.69, 9.17) is 23.2 Å². The zero-order valence-corrected chi connectivity index (χ0v) is 24.1. The van der Waals surface area contributed by atoms with E-state index in [1.54, 1.807) is 62.4 Å². The first-order chi connectivity index (χ1) is 17.9. The first-order valence-corrected chi connectivity index (χ1v) is 14.3. The number of aryl methyl sites for hydroxylation is 2. The van der Waals surface area contributed by atoms with Gasteiger partial charge in [0.25, 0.3) is 10.0 Å². The van der Waals surface area contributed by atoms with E-state index in [0.717, 1.165) is 15.4 Å². The predicted molar refractivity (Wildman–Crippen MR) is 152 cm³/mol. The van der Waals surface area contributed by atoms with Crippen LogP contribution in [-0.4, -0.2) is 44.3 Å². The van der Waals surface area contributed by atoms with Gasteiger partial charge in [-0.15, -0.1) is 0 Å². The normalized spacial score (nSPS) is 12.1. The van der Waals surface area contributed by atoms with Crippen LogP contribution in [0.5, 0.6) is 0 Å². The predicted octanol–water partition coefficient (Wildman–Crippen LogP) is 5.36. The van der Waals surface area contributed by atoms with Crippen LogP contribution in [0.4, 0.5) is 5.69 Å². The second-order valence-electron chi connectivity index (χ2n) is 9.01. The number of likely N-dealkylation sites (N-methyl/N-ethyl adjacent to an activating group) is 1. The maximum Gasteiger partial charge on any atom is 0.264 e. The molecule has 202 valence electrons. The molecule has 38 heavy (non-hydrogen) atoms. The Balaban J connectivity index is 2.06. The van der Waals surface area contributed by atoms with Crippen molar-refractivity contribution in [1.29, 1.82) is 0 Å². The minimum atomic E-state index is -4.11. The molecular formula is C28H31Cl2N3O4S. The molecule has 0 bridgehead atoms. The van der Waals surface area contributed by atoms with Crippen molar-refractivity contribution in [2.24, 2.45) is 0 Å². The molecule has 3 aromatic rings. The highest BCUT2D eigenvalue weighted by Crippen LogP contribution is 2.27. The number of amides is 2. The van der Waals surface area contributed by atoms with E-state index in [9.17, 15) is 18.0 Å². The third kappa shape index (κ3) is 7.07. The molecule has 3 rings (SSSR count). The maximum absolute atomic E-state index is 13.9. The summed E-state index contributed by atoms with van der Waals surface area (Å²) >= 11 is 12.2. The van der Waals surface area contributed by atoms with Gasteiger partial charge >= 0.3 is 0 Å². The molecule has 0 aliphatic carbocycles. The smallest absolute Gasteiger partial charge is 0.264 e. The van der Waals surface area contributed by atoms with Gasteiger partial charge in [0.2, 0.25) is 11.8 Å². The average molecular weight is 577 g/mol. The fraction of sp³-hybridized carbons (Fsp3) is 0.286. The molecule has 1 unspecified atom stereocenters. The van der Waals surface area contributed by atoms with Crippen LogP contribution >= 0.6 is 23.2 Å². The molecule has 0 aliphatic rings. The van der Waals surface area contributed by atoms with Crippen molar-refractivity contribution in [3.8, 4) is 0 Å². The van der Waals surface area contributed by atoms with Gasteiger partial charge in [0, 0.05) is 13.1 Å². The molecule has 0 saturated heterocycles. The minimum absolute atomic E-state index is 0.0279. The largest absolute Gasteiger partial charge is 0.355 e. The van der Waals surface area contributed by atoms with Crippen molar-refractivity contribution in [3.63, 3.8) is 0 Å². The van der Waals surface area contributed by atoms with E-state index >= 15 is 0 Å². The van der Waals surface area contributed by atoms with E-state index in [1.807, 2.05) is 19.9 Å². The molecule has 0 heterocycles. The fourth-order valence-electron chi connectivity index (χ4n) is 4.08. The fourth-order valence-corrected chi connectivity index (χ4v) is 5.82. The van der Waals surface area contributed by atoms with Crippen LogP contribution in [0, 0.1) is 13.8 Å². The zero-order chi connectivity index (χ0) is 28.0. The quantitative estimate of drug-likeness (QED) is 0.352. The lowest BCUT2D eigenvalue weighted by molar-refractivity contribution is -0.139. The molecule has 0 saturated carbocycles.